The van der Waals surface area contributed by atoms with Gasteiger partial charge in [0.1, 0.15) is 0 Å². The molecule has 15 heavy (non-hydrogen) atoms. The van der Waals surface area contributed by atoms with E-state index >= 15 is 0 Å². The van der Waals surface area contributed by atoms with Crippen LogP contribution < -0.4 is 4.90 Å². The summed E-state index contributed by atoms with van der Waals surface area (Å²) in [6.07, 6.45) is 4.44. The average Bonchev–Trinajstić information content (AvgIpc) is 2.41. The van der Waals surface area contributed by atoms with Crippen molar-refractivity contribution in [2.75, 3.05) is 11.9 Å². The fourth-order valence-corrected chi connectivity index (χ4v) is 2.67. The normalized spacial score (nSPS) is 23.5. The van der Waals surface area contributed by atoms with Crippen molar-refractivity contribution in [1.82, 2.24) is 0 Å². The van der Waals surface area contributed by atoms with Gasteiger partial charge in [-0.1, -0.05) is 44.2 Å². The van der Waals surface area contributed by atoms with Crippen molar-refractivity contribution < 1.29 is 0 Å². The van der Waals surface area contributed by atoms with Crippen LogP contribution in [0.5, 0.6) is 0 Å². The van der Waals surface area contributed by atoms with Gasteiger partial charge >= 0.3 is 0 Å². The highest BCUT2D eigenvalue weighted by atomic mass is 15.2. The highest BCUT2D eigenvalue weighted by Crippen LogP contribution is 2.44. The third kappa shape index (κ3) is 1.38. The third-order valence-electron chi connectivity index (χ3n) is 3.51. The number of likely N-dealkylation sites (N-methyl/N-ethyl adjacent to an activating group) is 1. The Morgan fingerprint density at radius 1 is 1.27 bits per heavy atom. The molecular weight excluding hydrogens is 182 g/mol. The second-order valence-electron chi connectivity index (χ2n) is 4.82. The molecule has 0 fully saturated rings. The predicted octanol–water partition coefficient (Wildman–Crippen LogP) is 3.36. The summed E-state index contributed by atoms with van der Waals surface area (Å²) in [6, 6.07) is 9.17. The number of para-hydroxylation sites is 1. The quantitative estimate of drug-likeness (QED) is 0.630. The molecule has 80 valence electrons. The van der Waals surface area contributed by atoms with Crippen molar-refractivity contribution in [2.24, 2.45) is 0 Å². The number of nitrogens with zero attached hydrogens (tertiary/aromatic N) is 1. The molecule has 0 radical (unpaired) electrons. The van der Waals surface area contributed by atoms with Crippen molar-refractivity contribution in [3.05, 3.63) is 42.0 Å². The summed E-state index contributed by atoms with van der Waals surface area (Å²) in [5.74, 6) is 0. The van der Waals surface area contributed by atoms with E-state index in [-0.39, 0.29) is 5.41 Å². The smallest absolute Gasteiger partial charge is 0.0562 e. The van der Waals surface area contributed by atoms with E-state index in [1.807, 2.05) is 0 Å². The Morgan fingerprint density at radius 2 is 1.93 bits per heavy atom. The fraction of sp³-hybridized carbons (Fsp3) is 0.429. The van der Waals surface area contributed by atoms with E-state index in [4.69, 9.17) is 0 Å². The van der Waals surface area contributed by atoms with Gasteiger partial charge in [0.15, 0.2) is 0 Å². The van der Waals surface area contributed by atoms with Crippen molar-refractivity contribution in [1.29, 1.82) is 0 Å². The number of fused-ring (bicyclic) bond motifs is 1. The van der Waals surface area contributed by atoms with Gasteiger partial charge in [0, 0.05) is 18.2 Å². The molecule has 1 heteroatoms. The van der Waals surface area contributed by atoms with Crippen LogP contribution in [0.15, 0.2) is 36.4 Å². The van der Waals surface area contributed by atoms with Crippen LogP contribution in [-0.4, -0.2) is 13.1 Å². The van der Waals surface area contributed by atoms with Gasteiger partial charge < -0.3 is 4.90 Å². The maximum Gasteiger partial charge on any atom is 0.0562 e. The Bertz CT molecular complexity index is 390. The maximum absolute atomic E-state index is 2.37. The fourth-order valence-electron chi connectivity index (χ4n) is 2.67. The Hall–Kier alpha value is -1.24. The van der Waals surface area contributed by atoms with Crippen molar-refractivity contribution >= 4 is 5.69 Å². The lowest BCUT2D eigenvalue weighted by atomic mass is 9.80. The lowest BCUT2D eigenvalue weighted by molar-refractivity contribution is 0.487. The molecule has 0 amide bonds. The van der Waals surface area contributed by atoms with Gasteiger partial charge in [-0.2, -0.15) is 0 Å². The van der Waals surface area contributed by atoms with Crippen molar-refractivity contribution in [3.63, 3.8) is 0 Å². The Kier molecular flexibility index (Phi) is 2.34. The monoisotopic (exact) mass is 201 g/mol. The number of rotatable bonds is 1. The highest BCUT2D eigenvalue weighted by Gasteiger charge is 2.40. The Balaban J connectivity index is 2.54. The average molecular weight is 201 g/mol. The molecule has 1 aromatic carbocycles. The van der Waals surface area contributed by atoms with E-state index in [0.29, 0.717) is 6.04 Å². The van der Waals surface area contributed by atoms with E-state index < -0.39 is 0 Å². The number of anilines is 1. The van der Waals surface area contributed by atoms with Crippen LogP contribution in [0, 0.1) is 0 Å². The molecule has 1 aromatic rings. The highest BCUT2D eigenvalue weighted by molar-refractivity contribution is 5.64. The van der Waals surface area contributed by atoms with Crippen LogP contribution in [0.2, 0.25) is 0 Å². The van der Waals surface area contributed by atoms with Crippen LogP contribution in [0.1, 0.15) is 26.3 Å². The summed E-state index contributed by atoms with van der Waals surface area (Å²) in [7, 11) is 2.18. The summed E-state index contributed by atoms with van der Waals surface area (Å²) < 4.78 is 0. The van der Waals surface area contributed by atoms with Gasteiger partial charge in [0.25, 0.3) is 0 Å². The van der Waals surface area contributed by atoms with Crippen molar-refractivity contribution in [2.45, 2.75) is 32.2 Å². The lowest BCUT2D eigenvalue weighted by Gasteiger charge is -2.29. The minimum absolute atomic E-state index is 0.206. The molecule has 1 heterocycles. The number of benzene rings is 1. The minimum Gasteiger partial charge on any atom is -0.367 e. The van der Waals surface area contributed by atoms with Gasteiger partial charge in [-0.3, -0.25) is 0 Å². The van der Waals surface area contributed by atoms with Gasteiger partial charge in [0.2, 0.25) is 0 Å². The molecule has 1 nitrogen and oxygen atoms in total. The molecule has 0 spiro atoms. The summed E-state index contributed by atoms with van der Waals surface area (Å²) in [5.41, 5.74) is 3.03. The van der Waals surface area contributed by atoms with Gasteiger partial charge in [-0.15, -0.1) is 0 Å². The molecule has 2 rings (SSSR count). The van der Waals surface area contributed by atoms with E-state index in [0.717, 1.165) is 0 Å². The van der Waals surface area contributed by atoms with Crippen LogP contribution >= 0.6 is 0 Å². The Labute approximate surface area is 92.4 Å². The summed E-state index contributed by atoms with van der Waals surface area (Å²) in [5, 5.41) is 0. The molecule has 1 aliphatic rings. The number of hydrogen-bond donors (Lipinski definition) is 0. The van der Waals surface area contributed by atoms with E-state index in [9.17, 15) is 0 Å². The molecule has 0 aliphatic carbocycles. The first kappa shape index (κ1) is 10.3. The summed E-state index contributed by atoms with van der Waals surface area (Å²) in [6.45, 7) is 6.73. The second kappa shape index (κ2) is 3.41. The minimum atomic E-state index is 0.206. The van der Waals surface area contributed by atoms with E-state index in [2.05, 4.69) is 69.1 Å². The second-order valence-corrected chi connectivity index (χ2v) is 4.82. The van der Waals surface area contributed by atoms with Crippen LogP contribution in [0.3, 0.4) is 0 Å². The molecule has 0 saturated heterocycles. The lowest BCUT2D eigenvalue weighted by Crippen LogP contribution is -2.37. The molecule has 0 aromatic heterocycles. The molecule has 0 saturated carbocycles. The van der Waals surface area contributed by atoms with Gasteiger partial charge in [0.05, 0.1) is 6.04 Å². The first-order valence-electron chi connectivity index (χ1n) is 5.54. The predicted molar refractivity (Wildman–Crippen MR) is 66.5 cm³/mol. The summed E-state index contributed by atoms with van der Waals surface area (Å²) >= 11 is 0. The van der Waals surface area contributed by atoms with Crippen LogP contribution in [-0.2, 0) is 5.41 Å². The first-order chi connectivity index (χ1) is 7.09. The molecule has 1 aliphatic heterocycles. The van der Waals surface area contributed by atoms with Gasteiger partial charge in [-0.05, 0) is 18.6 Å². The first-order valence-corrected chi connectivity index (χ1v) is 5.54. The third-order valence-corrected chi connectivity index (χ3v) is 3.51. The number of hydrogen-bond acceptors (Lipinski definition) is 1. The zero-order valence-corrected chi connectivity index (χ0v) is 9.99. The topological polar surface area (TPSA) is 3.24 Å². The van der Waals surface area contributed by atoms with Crippen molar-refractivity contribution in [3.8, 4) is 0 Å². The molecular formula is C14H19N. The molecule has 0 bridgehead atoms. The molecule has 1 atom stereocenters. The Morgan fingerprint density at radius 3 is 2.53 bits per heavy atom. The molecule has 1 unspecified atom stereocenters. The zero-order chi connectivity index (χ0) is 11.1. The van der Waals surface area contributed by atoms with Crippen LogP contribution in [0.25, 0.3) is 0 Å². The largest absolute Gasteiger partial charge is 0.367 e. The van der Waals surface area contributed by atoms with E-state index in [1.54, 1.807) is 0 Å². The van der Waals surface area contributed by atoms with Gasteiger partial charge in [-0.25, -0.2) is 0 Å². The maximum atomic E-state index is 2.37. The van der Waals surface area contributed by atoms with Crippen LogP contribution in [0.4, 0.5) is 5.69 Å². The standard InChI is InChI=1S/C14H19N/c1-5-8-13-14(2,3)11-9-6-7-10-12(11)15(13)4/h5-10,13H,1-4H3/b8-5-. The summed E-state index contributed by atoms with van der Waals surface area (Å²) in [4.78, 5) is 2.37. The molecule has 0 N–H and O–H groups in total. The SMILES string of the molecule is C/C=C\C1N(C)c2ccccc2C1(C)C. The number of allylic oxidation sites excluding steroid dienone is 1. The van der Waals surface area contributed by atoms with E-state index in [1.165, 1.54) is 11.3 Å². The zero-order valence-electron chi connectivity index (χ0n) is 9.99.